The molecule has 0 spiro atoms. The summed E-state index contributed by atoms with van der Waals surface area (Å²) >= 11 is 0. The summed E-state index contributed by atoms with van der Waals surface area (Å²) in [5.41, 5.74) is 1.73. The van der Waals surface area contributed by atoms with Crippen molar-refractivity contribution < 1.29 is 22.0 Å². The molecule has 52 valence electrons. The van der Waals surface area contributed by atoms with Crippen LogP contribution in [0.15, 0.2) is 18.3 Å². The Morgan fingerprint density at radius 1 is 1.50 bits per heavy atom. The molecule has 0 atom stereocenters. The smallest absolute Gasteiger partial charge is 0.281 e. The number of hydrogen-bond acceptors (Lipinski definition) is 1. The average Bonchev–Trinajstić information content (AvgIpc) is 1.90. The number of H-pyrrole nitrogens is 1. The molecule has 1 heterocycles. The number of rotatable bonds is 0. The van der Waals surface area contributed by atoms with E-state index in [9.17, 15) is 0 Å². The van der Waals surface area contributed by atoms with Crippen LogP contribution in [0.25, 0.3) is 0 Å². The van der Waals surface area contributed by atoms with Crippen molar-refractivity contribution in [2.24, 2.45) is 0 Å². The monoisotopic (exact) mass is 198 g/mol. The van der Waals surface area contributed by atoms with Crippen molar-refractivity contribution in [1.29, 1.82) is 5.26 Å². The summed E-state index contributed by atoms with van der Waals surface area (Å²) in [6.07, 6.45) is 1.80. The molecule has 0 saturated carbocycles. The lowest BCUT2D eigenvalue weighted by Gasteiger charge is -1.80. The van der Waals surface area contributed by atoms with Crippen LogP contribution in [0, 0.1) is 18.3 Å². The first-order valence-electron chi connectivity index (χ1n) is 2.71. The molecule has 1 aromatic rings. The van der Waals surface area contributed by atoms with E-state index >= 15 is 0 Å². The van der Waals surface area contributed by atoms with E-state index < -0.39 is 0 Å². The van der Waals surface area contributed by atoms with Gasteiger partial charge in [-0.1, -0.05) is 0 Å². The van der Waals surface area contributed by atoms with Crippen molar-refractivity contribution in [3.8, 4) is 6.07 Å². The highest BCUT2D eigenvalue weighted by atomic mass is 79.9. The van der Waals surface area contributed by atoms with Gasteiger partial charge in [-0.2, -0.15) is 5.26 Å². The molecule has 0 bridgehead atoms. The van der Waals surface area contributed by atoms with Gasteiger partial charge in [-0.3, -0.25) is 0 Å². The third-order valence-electron chi connectivity index (χ3n) is 1.09. The van der Waals surface area contributed by atoms with Gasteiger partial charge >= 0.3 is 0 Å². The van der Waals surface area contributed by atoms with Crippen LogP contribution in [-0.4, -0.2) is 0 Å². The predicted molar refractivity (Wildman–Crippen MR) is 32.4 cm³/mol. The van der Waals surface area contributed by atoms with E-state index in [0.717, 1.165) is 5.56 Å². The third-order valence-corrected chi connectivity index (χ3v) is 1.09. The Morgan fingerprint density at radius 3 is 2.60 bits per heavy atom. The van der Waals surface area contributed by atoms with Crippen molar-refractivity contribution in [2.75, 3.05) is 0 Å². The summed E-state index contributed by atoms with van der Waals surface area (Å²) in [7, 11) is 0. The lowest BCUT2D eigenvalue weighted by Crippen LogP contribution is -3.00. The van der Waals surface area contributed by atoms with Crippen LogP contribution in [0.1, 0.15) is 11.3 Å². The van der Waals surface area contributed by atoms with Crippen molar-refractivity contribution in [3.05, 3.63) is 29.6 Å². The van der Waals surface area contributed by atoms with Gasteiger partial charge in [-0.05, 0) is 13.0 Å². The summed E-state index contributed by atoms with van der Waals surface area (Å²) in [6.45, 7) is 1.97. The normalized spacial score (nSPS) is 7.60. The molecule has 0 amide bonds. The quantitative estimate of drug-likeness (QED) is 0.462. The van der Waals surface area contributed by atoms with Crippen LogP contribution in [0.3, 0.4) is 0 Å². The van der Waals surface area contributed by atoms with Crippen LogP contribution in [0.2, 0.25) is 0 Å². The molecule has 0 aromatic carbocycles. The predicted octanol–water partition coefficient (Wildman–Crippen LogP) is -2.32. The number of nitriles is 1. The van der Waals surface area contributed by atoms with Crippen LogP contribution >= 0.6 is 0 Å². The summed E-state index contributed by atoms with van der Waals surface area (Å²) in [5.74, 6) is 0. The average molecular weight is 199 g/mol. The van der Waals surface area contributed by atoms with Gasteiger partial charge in [0.1, 0.15) is 0 Å². The first kappa shape index (κ1) is 9.12. The molecule has 0 fully saturated rings. The molecule has 0 aliphatic carbocycles. The van der Waals surface area contributed by atoms with Gasteiger partial charge < -0.3 is 17.0 Å². The fourth-order valence-corrected chi connectivity index (χ4v) is 0.572. The van der Waals surface area contributed by atoms with E-state index in [0.29, 0.717) is 5.69 Å². The number of nitrogens with zero attached hydrogens (tertiary/aromatic N) is 1. The summed E-state index contributed by atoms with van der Waals surface area (Å²) in [5, 5.41) is 8.35. The number of hydrogen-bond donors (Lipinski definition) is 0. The van der Waals surface area contributed by atoms with Crippen molar-refractivity contribution in [1.82, 2.24) is 0 Å². The maximum absolute atomic E-state index is 8.35. The first-order valence-corrected chi connectivity index (χ1v) is 2.71. The third kappa shape index (κ3) is 2.16. The van der Waals surface area contributed by atoms with E-state index in [4.69, 9.17) is 5.26 Å². The Balaban J connectivity index is 0.000000810. The number of halogens is 1. The minimum Gasteiger partial charge on any atom is -1.00 e. The zero-order valence-electron chi connectivity index (χ0n) is 5.56. The molecular weight excluding hydrogens is 192 g/mol. The minimum atomic E-state index is 0. The Labute approximate surface area is 70.3 Å². The topological polar surface area (TPSA) is 37.9 Å². The molecular formula is C7H7BrN2. The van der Waals surface area contributed by atoms with Crippen molar-refractivity contribution in [2.45, 2.75) is 6.92 Å². The molecule has 1 rings (SSSR count). The number of aryl methyl sites for hydroxylation is 1. The summed E-state index contributed by atoms with van der Waals surface area (Å²) in [4.78, 5) is 2.83. The molecule has 3 heteroatoms. The fourth-order valence-electron chi connectivity index (χ4n) is 0.572. The molecule has 1 N–H and O–H groups in total. The van der Waals surface area contributed by atoms with Gasteiger partial charge in [0, 0.05) is 11.6 Å². The molecule has 1 aromatic heterocycles. The van der Waals surface area contributed by atoms with Gasteiger partial charge in [0.15, 0.2) is 12.3 Å². The number of pyridine rings is 1. The maximum Gasteiger partial charge on any atom is 0.281 e. The molecule has 0 saturated heterocycles. The Bertz CT molecular complexity index is 235. The standard InChI is InChI=1S/C7H6N2.BrH/c1-6-2-3-7(4-8)9-5-6;/h2-3,5H,1H3;1H. The van der Waals surface area contributed by atoms with Gasteiger partial charge in [0.2, 0.25) is 0 Å². The molecule has 0 radical (unpaired) electrons. The highest BCUT2D eigenvalue weighted by Crippen LogP contribution is 1.90. The van der Waals surface area contributed by atoms with Crippen LogP contribution in [0.5, 0.6) is 0 Å². The van der Waals surface area contributed by atoms with Gasteiger partial charge in [0.25, 0.3) is 5.69 Å². The highest BCUT2D eigenvalue weighted by Gasteiger charge is 1.94. The van der Waals surface area contributed by atoms with E-state index in [2.05, 4.69) is 4.98 Å². The zero-order valence-corrected chi connectivity index (χ0v) is 7.14. The van der Waals surface area contributed by atoms with Crippen molar-refractivity contribution >= 4 is 0 Å². The Morgan fingerprint density at radius 2 is 2.20 bits per heavy atom. The van der Waals surface area contributed by atoms with Crippen LogP contribution in [-0.2, 0) is 0 Å². The first-order chi connectivity index (χ1) is 4.33. The molecule has 0 aliphatic heterocycles. The maximum atomic E-state index is 8.35. The summed E-state index contributed by atoms with van der Waals surface area (Å²) < 4.78 is 0. The number of aromatic nitrogens is 1. The minimum absolute atomic E-state index is 0. The largest absolute Gasteiger partial charge is 1.00 e. The van der Waals surface area contributed by atoms with E-state index in [1.165, 1.54) is 0 Å². The fraction of sp³-hybridized carbons (Fsp3) is 0.143. The highest BCUT2D eigenvalue weighted by molar-refractivity contribution is 5.16. The molecule has 0 unspecified atom stereocenters. The van der Waals surface area contributed by atoms with Gasteiger partial charge in [-0.25, -0.2) is 4.98 Å². The van der Waals surface area contributed by atoms with E-state index in [1.54, 1.807) is 12.3 Å². The van der Waals surface area contributed by atoms with Gasteiger partial charge in [0.05, 0.1) is 0 Å². The second-order valence-electron chi connectivity index (χ2n) is 1.89. The lowest BCUT2D eigenvalue weighted by atomic mass is 10.3. The zero-order chi connectivity index (χ0) is 6.69. The van der Waals surface area contributed by atoms with Crippen LogP contribution < -0.4 is 22.0 Å². The summed E-state index contributed by atoms with van der Waals surface area (Å²) in [6, 6.07) is 5.66. The Hall–Kier alpha value is -0.880. The molecule has 0 aliphatic rings. The molecule has 10 heavy (non-hydrogen) atoms. The van der Waals surface area contributed by atoms with Crippen LogP contribution in [0.4, 0.5) is 0 Å². The number of nitrogens with one attached hydrogen (secondary N) is 1. The lowest BCUT2D eigenvalue weighted by molar-refractivity contribution is -0.382. The molecule has 2 nitrogen and oxygen atoms in total. The number of aromatic amines is 1. The SMILES string of the molecule is Cc1ccc(C#N)[nH+]c1.[Br-]. The Kier molecular flexibility index (Phi) is 3.67. The van der Waals surface area contributed by atoms with E-state index in [-0.39, 0.29) is 17.0 Å². The van der Waals surface area contributed by atoms with E-state index in [1.807, 2.05) is 19.1 Å². The second kappa shape index (κ2) is 4.02. The van der Waals surface area contributed by atoms with Gasteiger partial charge in [-0.15, -0.1) is 0 Å². The van der Waals surface area contributed by atoms with Crippen molar-refractivity contribution in [3.63, 3.8) is 0 Å². The second-order valence-corrected chi connectivity index (χ2v) is 1.89.